The summed E-state index contributed by atoms with van der Waals surface area (Å²) >= 11 is 0. The Morgan fingerprint density at radius 1 is 0.500 bits per heavy atom. The van der Waals surface area contributed by atoms with Crippen LogP contribution in [-0.4, -0.2) is 26.3 Å². The summed E-state index contributed by atoms with van der Waals surface area (Å²) in [6, 6.07) is 5.53. The molecule has 0 aliphatic rings. The number of hydrogen-bond donors (Lipinski definition) is 0. The van der Waals surface area contributed by atoms with Crippen molar-refractivity contribution in [3.63, 3.8) is 0 Å². The highest BCUT2D eigenvalue weighted by Gasteiger charge is 2.18. The van der Waals surface area contributed by atoms with E-state index in [1.165, 1.54) is 155 Å². The number of methoxy groups -OCH3 is 1. The highest BCUT2D eigenvalue weighted by atomic mass is 16.5. The predicted octanol–water partition coefficient (Wildman–Crippen LogP) is 12.4. The van der Waals surface area contributed by atoms with E-state index in [9.17, 15) is 4.79 Å². The molecule has 0 spiro atoms. The van der Waals surface area contributed by atoms with Gasteiger partial charge in [-0.1, -0.05) is 174 Å². The van der Waals surface area contributed by atoms with Crippen molar-refractivity contribution in [3.8, 4) is 11.5 Å². The van der Waals surface area contributed by atoms with Gasteiger partial charge in [-0.3, -0.25) is 0 Å². The van der Waals surface area contributed by atoms with E-state index in [0.29, 0.717) is 30.3 Å². The lowest BCUT2D eigenvalue weighted by Crippen LogP contribution is -2.09. The number of unbranched alkanes of at least 4 members (excludes halogenated alkanes) is 24. The second-order valence-corrected chi connectivity index (χ2v) is 12.3. The minimum Gasteiger partial charge on any atom is -0.490 e. The molecule has 0 aromatic heterocycles. The lowest BCUT2D eigenvalue weighted by Gasteiger charge is -2.15. The number of carbonyl (C=O) groups is 1. The van der Waals surface area contributed by atoms with Gasteiger partial charge in [-0.05, 0) is 25.0 Å². The molecule has 0 amide bonds. The maximum atomic E-state index is 12.4. The Morgan fingerprint density at radius 3 is 1.24 bits per heavy atom. The molecule has 0 saturated heterocycles. The van der Waals surface area contributed by atoms with Crippen molar-refractivity contribution in [3.05, 3.63) is 23.8 Å². The second kappa shape index (κ2) is 29.4. The van der Waals surface area contributed by atoms with E-state index in [-0.39, 0.29) is 5.97 Å². The smallest absolute Gasteiger partial charge is 0.341 e. The first kappa shape index (κ1) is 38.3. The van der Waals surface area contributed by atoms with Crippen LogP contribution in [0.1, 0.15) is 191 Å². The third-order valence-corrected chi connectivity index (χ3v) is 8.38. The molecule has 1 aromatic rings. The fraction of sp³-hybridized carbons (Fsp3) is 0.816. The number of para-hydroxylation sites is 1. The zero-order valence-electron chi connectivity index (χ0n) is 28.2. The van der Waals surface area contributed by atoms with Gasteiger partial charge >= 0.3 is 5.97 Å². The fourth-order valence-corrected chi connectivity index (χ4v) is 5.65. The molecule has 0 aliphatic heterocycles. The van der Waals surface area contributed by atoms with Crippen molar-refractivity contribution in [2.24, 2.45) is 0 Å². The molecule has 0 saturated carbocycles. The van der Waals surface area contributed by atoms with Crippen LogP contribution in [0.4, 0.5) is 0 Å². The molecule has 0 N–H and O–H groups in total. The number of carbonyl (C=O) groups excluding carboxylic acids is 1. The van der Waals surface area contributed by atoms with E-state index in [2.05, 4.69) is 13.8 Å². The molecule has 1 aromatic carbocycles. The summed E-state index contributed by atoms with van der Waals surface area (Å²) in [5.41, 5.74) is 0.454. The number of rotatable bonds is 31. The lowest BCUT2D eigenvalue weighted by molar-refractivity contribution is 0.0594. The van der Waals surface area contributed by atoms with Gasteiger partial charge in [0.05, 0.1) is 20.3 Å². The zero-order valence-corrected chi connectivity index (χ0v) is 28.2. The zero-order chi connectivity index (χ0) is 30.4. The number of benzene rings is 1. The van der Waals surface area contributed by atoms with Crippen LogP contribution in [0, 0.1) is 0 Å². The Hall–Kier alpha value is -1.71. The highest BCUT2D eigenvalue weighted by Crippen LogP contribution is 2.32. The maximum absolute atomic E-state index is 12.4. The van der Waals surface area contributed by atoms with Crippen molar-refractivity contribution >= 4 is 5.97 Å². The van der Waals surface area contributed by atoms with E-state index in [0.717, 1.165) is 19.3 Å². The van der Waals surface area contributed by atoms with Crippen molar-refractivity contribution < 1.29 is 19.0 Å². The van der Waals surface area contributed by atoms with Crippen LogP contribution in [-0.2, 0) is 4.74 Å². The largest absolute Gasteiger partial charge is 0.490 e. The SMILES string of the molecule is CCCCCCCCCCCCCCCOc1cccc(C(=O)OC)c1OCCCCCCCCCCCCCCC. The van der Waals surface area contributed by atoms with Gasteiger partial charge in [-0.2, -0.15) is 0 Å². The van der Waals surface area contributed by atoms with Crippen LogP contribution in [0.3, 0.4) is 0 Å². The third kappa shape index (κ3) is 21.1. The van der Waals surface area contributed by atoms with E-state index in [1.54, 1.807) is 6.07 Å². The monoisotopic (exact) mass is 589 g/mol. The maximum Gasteiger partial charge on any atom is 0.341 e. The summed E-state index contributed by atoms with van der Waals surface area (Å²) in [5.74, 6) is 0.825. The van der Waals surface area contributed by atoms with E-state index >= 15 is 0 Å². The van der Waals surface area contributed by atoms with Gasteiger partial charge in [0.25, 0.3) is 0 Å². The quantitative estimate of drug-likeness (QED) is 0.0639. The Kier molecular flexibility index (Phi) is 26.8. The van der Waals surface area contributed by atoms with Gasteiger partial charge in [-0.15, -0.1) is 0 Å². The molecule has 0 heterocycles. The minimum absolute atomic E-state index is 0.373. The average Bonchev–Trinajstić information content (AvgIpc) is 3.01. The summed E-state index contributed by atoms with van der Waals surface area (Å²) in [5, 5.41) is 0. The van der Waals surface area contributed by atoms with Crippen molar-refractivity contribution in [1.29, 1.82) is 0 Å². The van der Waals surface area contributed by atoms with Crippen LogP contribution >= 0.6 is 0 Å². The van der Waals surface area contributed by atoms with Crippen LogP contribution in [0.25, 0.3) is 0 Å². The summed E-state index contributed by atoms with van der Waals surface area (Å²) in [6.45, 7) is 5.81. The molecule has 244 valence electrons. The second-order valence-electron chi connectivity index (χ2n) is 12.3. The van der Waals surface area contributed by atoms with Gasteiger partial charge < -0.3 is 14.2 Å². The first-order valence-corrected chi connectivity index (χ1v) is 18.2. The predicted molar refractivity (Wildman–Crippen MR) is 180 cm³/mol. The van der Waals surface area contributed by atoms with Crippen molar-refractivity contribution in [1.82, 2.24) is 0 Å². The third-order valence-electron chi connectivity index (χ3n) is 8.38. The molecule has 0 aliphatic carbocycles. The molecular weight excluding hydrogens is 520 g/mol. The molecule has 0 fully saturated rings. The highest BCUT2D eigenvalue weighted by molar-refractivity contribution is 5.93. The molecule has 1 rings (SSSR count). The number of hydrogen-bond acceptors (Lipinski definition) is 4. The Labute approximate surface area is 261 Å². The summed E-state index contributed by atoms with van der Waals surface area (Å²) < 4.78 is 17.3. The van der Waals surface area contributed by atoms with Gasteiger partial charge in [0.1, 0.15) is 5.56 Å². The minimum atomic E-state index is -0.373. The van der Waals surface area contributed by atoms with E-state index in [4.69, 9.17) is 14.2 Å². The normalized spacial score (nSPS) is 11.1. The molecule has 42 heavy (non-hydrogen) atoms. The van der Waals surface area contributed by atoms with Crippen LogP contribution < -0.4 is 9.47 Å². The molecule has 0 atom stereocenters. The van der Waals surface area contributed by atoms with Gasteiger partial charge in [0, 0.05) is 0 Å². The van der Waals surface area contributed by atoms with Gasteiger partial charge in [-0.25, -0.2) is 4.79 Å². The Balaban J connectivity index is 2.19. The van der Waals surface area contributed by atoms with Gasteiger partial charge in [0.15, 0.2) is 11.5 Å². The van der Waals surface area contributed by atoms with E-state index < -0.39 is 0 Å². The summed E-state index contributed by atoms with van der Waals surface area (Å²) in [4.78, 5) is 12.4. The fourth-order valence-electron chi connectivity index (χ4n) is 5.65. The van der Waals surface area contributed by atoms with Crippen LogP contribution in [0.15, 0.2) is 18.2 Å². The van der Waals surface area contributed by atoms with Gasteiger partial charge in [0.2, 0.25) is 0 Å². The molecule has 4 heteroatoms. The number of esters is 1. The van der Waals surface area contributed by atoms with Crippen LogP contribution in [0.5, 0.6) is 11.5 Å². The average molecular weight is 589 g/mol. The first-order valence-electron chi connectivity index (χ1n) is 18.2. The Bertz CT molecular complexity index is 732. The molecule has 0 unspecified atom stereocenters. The molecule has 0 radical (unpaired) electrons. The van der Waals surface area contributed by atoms with Crippen LogP contribution in [0.2, 0.25) is 0 Å². The standard InChI is InChI=1S/C38H68O4/c1-4-6-8-10-12-14-16-18-20-22-24-26-28-33-41-36-32-30-31-35(38(39)40-3)37(36)42-34-29-27-25-23-21-19-17-15-13-11-9-7-5-2/h30-32H,4-29,33-34H2,1-3H3. The topological polar surface area (TPSA) is 44.8 Å². The molecular formula is C38H68O4. The number of ether oxygens (including phenoxy) is 3. The molecule has 0 bridgehead atoms. The Morgan fingerprint density at radius 2 is 0.857 bits per heavy atom. The first-order chi connectivity index (χ1) is 20.7. The van der Waals surface area contributed by atoms with Crippen molar-refractivity contribution in [2.45, 2.75) is 181 Å². The summed E-state index contributed by atoms with van der Waals surface area (Å²) in [6.07, 6.45) is 34.5. The van der Waals surface area contributed by atoms with Crippen molar-refractivity contribution in [2.75, 3.05) is 20.3 Å². The lowest BCUT2D eigenvalue weighted by atomic mass is 10.0. The van der Waals surface area contributed by atoms with E-state index in [1.807, 2.05) is 12.1 Å². The molecule has 4 nitrogen and oxygen atoms in total. The summed E-state index contributed by atoms with van der Waals surface area (Å²) in [7, 11) is 1.42.